The van der Waals surface area contributed by atoms with Crippen LogP contribution in [0.15, 0.2) is 0 Å². The van der Waals surface area contributed by atoms with Gasteiger partial charge in [0, 0.05) is 6.54 Å². The number of amides is 4. The van der Waals surface area contributed by atoms with E-state index in [9.17, 15) is 22.8 Å². The summed E-state index contributed by atoms with van der Waals surface area (Å²) in [5, 5.41) is 0.564. The van der Waals surface area contributed by atoms with Crippen LogP contribution in [-0.2, 0) is 29.1 Å². The Labute approximate surface area is 167 Å². The van der Waals surface area contributed by atoms with E-state index in [-0.39, 0.29) is 26.1 Å². The topological polar surface area (TPSA) is 155 Å². The number of likely N-dealkylation sites (tertiary alicyclic amines) is 1. The smallest absolute Gasteiger partial charge is 0.418 e. The standard InChI is InChI=1S/C15H24N4O9S/c1-15(2,3)26-14(22)17-7-10(8-17)27-16-12(20)11-5-4-9-6-18(11)13(21)19(9)28-29(23,24)25/h9-11H,4-8H2,1-3H3,(H,16,20)(H,23,24,25)/t9-,11+/m1/s1. The molecule has 14 heteroatoms. The second-order valence-electron chi connectivity index (χ2n) is 8.10. The second-order valence-corrected chi connectivity index (χ2v) is 9.11. The van der Waals surface area contributed by atoms with E-state index in [1.807, 2.05) is 0 Å². The van der Waals surface area contributed by atoms with E-state index in [4.69, 9.17) is 14.1 Å². The SMILES string of the molecule is CC(C)(C)OC(=O)N1CC(ONC(=O)[C@@H]2CC[C@@H]3CN2C(=O)N3OS(=O)(=O)O)C1. The molecular formula is C15H24N4O9S. The number of hydrogen-bond acceptors (Lipinski definition) is 8. The molecule has 4 amide bonds. The van der Waals surface area contributed by atoms with Gasteiger partial charge < -0.3 is 14.5 Å². The number of hydrogen-bond donors (Lipinski definition) is 2. The number of piperidine rings is 1. The van der Waals surface area contributed by atoms with E-state index in [2.05, 4.69) is 9.76 Å². The van der Waals surface area contributed by atoms with Crippen molar-refractivity contribution in [2.75, 3.05) is 19.6 Å². The Morgan fingerprint density at radius 3 is 2.41 bits per heavy atom. The Morgan fingerprint density at radius 2 is 1.83 bits per heavy atom. The van der Waals surface area contributed by atoms with Crippen molar-refractivity contribution >= 4 is 28.4 Å². The third kappa shape index (κ3) is 5.07. The number of carbonyl (C=O) groups excluding carboxylic acids is 3. The highest BCUT2D eigenvalue weighted by atomic mass is 32.3. The molecular weight excluding hydrogens is 412 g/mol. The van der Waals surface area contributed by atoms with Crippen molar-refractivity contribution < 1.29 is 41.2 Å². The van der Waals surface area contributed by atoms with E-state index in [1.165, 1.54) is 4.90 Å². The number of ether oxygens (including phenoxy) is 1. The van der Waals surface area contributed by atoms with Crippen LogP contribution >= 0.6 is 0 Å². The first-order valence-corrected chi connectivity index (χ1v) is 10.4. The molecule has 3 fully saturated rings. The quantitative estimate of drug-likeness (QED) is 0.435. The van der Waals surface area contributed by atoms with Gasteiger partial charge in [0.05, 0.1) is 19.1 Å². The number of nitrogens with one attached hydrogen (secondary N) is 1. The van der Waals surface area contributed by atoms with Gasteiger partial charge in [-0.3, -0.25) is 14.2 Å². The molecule has 0 aliphatic carbocycles. The molecule has 2 atom stereocenters. The Kier molecular flexibility index (Phi) is 5.64. The van der Waals surface area contributed by atoms with Crippen LogP contribution in [0.1, 0.15) is 33.6 Å². The lowest BCUT2D eigenvalue weighted by Gasteiger charge is -2.39. The summed E-state index contributed by atoms with van der Waals surface area (Å²) in [5.41, 5.74) is 1.68. The van der Waals surface area contributed by atoms with Gasteiger partial charge in [0.15, 0.2) is 0 Å². The third-order valence-electron chi connectivity index (χ3n) is 4.63. The molecule has 3 heterocycles. The molecule has 0 unspecified atom stereocenters. The summed E-state index contributed by atoms with van der Waals surface area (Å²) in [5.74, 6) is -0.568. The maximum atomic E-state index is 12.4. The minimum atomic E-state index is -4.85. The van der Waals surface area contributed by atoms with Crippen molar-refractivity contribution in [2.45, 2.75) is 57.4 Å². The fourth-order valence-corrected chi connectivity index (χ4v) is 3.69. The van der Waals surface area contributed by atoms with Gasteiger partial charge in [-0.15, -0.1) is 4.28 Å². The van der Waals surface area contributed by atoms with Gasteiger partial charge in [-0.25, -0.2) is 15.1 Å². The van der Waals surface area contributed by atoms with Crippen molar-refractivity contribution in [3.63, 3.8) is 0 Å². The van der Waals surface area contributed by atoms with Crippen molar-refractivity contribution in [2.24, 2.45) is 0 Å². The summed E-state index contributed by atoms with van der Waals surface area (Å²) < 4.78 is 40.1. The van der Waals surface area contributed by atoms with Crippen LogP contribution in [0.4, 0.5) is 9.59 Å². The predicted octanol–water partition coefficient (Wildman–Crippen LogP) is -0.343. The summed E-state index contributed by atoms with van der Waals surface area (Å²) in [4.78, 5) is 44.4. The van der Waals surface area contributed by atoms with E-state index in [0.29, 0.717) is 11.5 Å². The molecule has 29 heavy (non-hydrogen) atoms. The summed E-state index contributed by atoms with van der Waals surface area (Å²) >= 11 is 0. The minimum Gasteiger partial charge on any atom is -0.444 e. The third-order valence-corrected chi connectivity index (χ3v) is 4.97. The first-order chi connectivity index (χ1) is 13.3. The largest absolute Gasteiger partial charge is 0.444 e. The lowest BCUT2D eigenvalue weighted by molar-refractivity contribution is -0.152. The predicted molar refractivity (Wildman–Crippen MR) is 94.2 cm³/mol. The van der Waals surface area contributed by atoms with Gasteiger partial charge in [0.2, 0.25) is 0 Å². The zero-order chi connectivity index (χ0) is 21.6. The first-order valence-electron chi connectivity index (χ1n) is 9.04. The lowest BCUT2D eigenvalue weighted by atomic mass is 10.0. The van der Waals surface area contributed by atoms with Gasteiger partial charge in [0.1, 0.15) is 17.7 Å². The lowest BCUT2D eigenvalue weighted by Crippen LogP contribution is -2.58. The average Bonchev–Trinajstić information content (AvgIpc) is 2.75. The molecule has 0 saturated carbocycles. The molecule has 13 nitrogen and oxygen atoms in total. The molecule has 0 aromatic heterocycles. The zero-order valence-corrected chi connectivity index (χ0v) is 17.0. The van der Waals surface area contributed by atoms with Crippen LogP contribution in [0, 0.1) is 0 Å². The number of carbonyl (C=O) groups is 3. The maximum Gasteiger partial charge on any atom is 0.418 e. The molecule has 3 aliphatic heterocycles. The molecule has 2 bridgehead atoms. The molecule has 0 aromatic rings. The summed E-state index contributed by atoms with van der Waals surface area (Å²) in [6.07, 6.45) is -0.294. The highest BCUT2D eigenvalue weighted by Crippen LogP contribution is 2.30. The van der Waals surface area contributed by atoms with E-state index in [0.717, 1.165) is 4.90 Å². The highest BCUT2D eigenvalue weighted by Gasteiger charge is 2.49. The van der Waals surface area contributed by atoms with Gasteiger partial charge in [-0.05, 0) is 33.6 Å². The molecule has 3 saturated heterocycles. The molecule has 3 rings (SSSR count). The Morgan fingerprint density at radius 1 is 1.17 bits per heavy atom. The number of urea groups is 1. The van der Waals surface area contributed by atoms with E-state index >= 15 is 0 Å². The second kappa shape index (κ2) is 7.59. The summed E-state index contributed by atoms with van der Waals surface area (Å²) in [6.45, 7) is 5.86. The minimum absolute atomic E-state index is 0.0856. The number of hydroxylamine groups is 3. The van der Waals surface area contributed by atoms with Crippen LogP contribution in [0.5, 0.6) is 0 Å². The van der Waals surface area contributed by atoms with Crippen molar-refractivity contribution in [1.82, 2.24) is 20.3 Å². The van der Waals surface area contributed by atoms with Gasteiger partial charge in [0.25, 0.3) is 5.91 Å². The fraction of sp³-hybridized carbons (Fsp3) is 0.800. The van der Waals surface area contributed by atoms with Gasteiger partial charge in [-0.1, -0.05) is 0 Å². The van der Waals surface area contributed by atoms with Crippen molar-refractivity contribution in [3.05, 3.63) is 0 Å². The zero-order valence-electron chi connectivity index (χ0n) is 16.2. The van der Waals surface area contributed by atoms with Crippen molar-refractivity contribution in [1.29, 1.82) is 0 Å². The van der Waals surface area contributed by atoms with Crippen LogP contribution in [-0.4, -0.2) is 89.3 Å². The van der Waals surface area contributed by atoms with Gasteiger partial charge >= 0.3 is 22.5 Å². The molecule has 2 N–H and O–H groups in total. The van der Waals surface area contributed by atoms with E-state index < -0.39 is 52.2 Å². The van der Waals surface area contributed by atoms with E-state index in [1.54, 1.807) is 20.8 Å². The fourth-order valence-electron chi connectivity index (χ4n) is 3.30. The average molecular weight is 436 g/mol. The molecule has 0 spiro atoms. The number of nitrogens with zero attached hydrogens (tertiary/aromatic N) is 3. The number of fused-ring (bicyclic) bond motifs is 2. The summed E-state index contributed by atoms with van der Waals surface area (Å²) in [7, 11) is -4.85. The first kappa shape index (κ1) is 21.5. The molecule has 0 radical (unpaired) electrons. The van der Waals surface area contributed by atoms with Crippen LogP contribution in [0.3, 0.4) is 0 Å². The Balaban J connectivity index is 1.46. The van der Waals surface area contributed by atoms with Gasteiger partial charge in [-0.2, -0.15) is 13.5 Å². The maximum absolute atomic E-state index is 12.4. The normalized spacial score (nSPS) is 25.1. The molecule has 0 aromatic carbocycles. The van der Waals surface area contributed by atoms with Crippen LogP contribution < -0.4 is 5.48 Å². The van der Waals surface area contributed by atoms with Crippen LogP contribution in [0.2, 0.25) is 0 Å². The highest BCUT2D eigenvalue weighted by molar-refractivity contribution is 7.80. The molecule has 3 aliphatic rings. The molecule has 164 valence electrons. The van der Waals surface area contributed by atoms with Crippen molar-refractivity contribution in [3.8, 4) is 0 Å². The Hall–Kier alpha value is -2.16. The monoisotopic (exact) mass is 436 g/mol. The number of rotatable bonds is 5. The Bertz CT molecular complexity index is 790. The van der Waals surface area contributed by atoms with Crippen LogP contribution in [0.25, 0.3) is 0 Å². The summed E-state index contributed by atoms with van der Waals surface area (Å²) in [6, 6.07) is -2.27.